The molecule has 104 valence electrons. The molecule has 1 aromatic rings. The first-order valence-electron chi connectivity index (χ1n) is 6.64. The zero-order valence-electron chi connectivity index (χ0n) is 11.7. The highest BCUT2D eigenvalue weighted by Crippen LogP contribution is 2.23. The van der Waals surface area contributed by atoms with Gasteiger partial charge in [0.1, 0.15) is 5.82 Å². The molecule has 1 aliphatic rings. The fraction of sp³-hybridized carbons (Fsp3) is 0.615. The Hall–Kier alpha value is -1.85. The highest BCUT2D eigenvalue weighted by molar-refractivity contribution is 5.79. The van der Waals surface area contributed by atoms with Crippen LogP contribution in [-0.2, 0) is 4.79 Å². The van der Waals surface area contributed by atoms with Gasteiger partial charge in [-0.1, -0.05) is 0 Å². The smallest absolute Gasteiger partial charge is 0.224 e. The first-order chi connectivity index (χ1) is 9.13. The van der Waals surface area contributed by atoms with Crippen molar-refractivity contribution in [2.45, 2.75) is 19.8 Å². The minimum atomic E-state index is 0.0482. The molecule has 0 spiro atoms. The topological polar surface area (TPSA) is 70.2 Å². The largest absolute Gasteiger partial charge is 0.359 e. The van der Waals surface area contributed by atoms with Gasteiger partial charge in [0.25, 0.3) is 0 Å². The van der Waals surface area contributed by atoms with Crippen LogP contribution in [0.3, 0.4) is 0 Å². The lowest BCUT2D eigenvalue weighted by molar-refractivity contribution is -0.124. The molecule has 1 unspecified atom stereocenters. The number of nitrogens with one attached hydrogen (secondary N) is 2. The summed E-state index contributed by atoms with van der Waals surface area (Å²) in [5.41, 5.74) is 0.927. The number of anilines is 2. The van der Waals surface area contributed by atoms with Crippen LogP contribution >= 0.6 is 0 Å². The Morgan fingerprint density at radius 3 is 2.89 bits per heavy atom. The molecule has 1 atom stereocenters. The summed E-state index contributed by atoms with van der Waals surface area (Å²) < 4.78 is 0. The van der Waals surface area contributed by atoms with Crippen LogP contribution < -0.4 is 15.5 Å². The molecule has 2 rings (SSSR count). The van der Waals surface area contributed by atoms with Crippen LogP contribution in [0.15, 0.2) is 6.07 Å². The van der Waals surface area contributed by atoms with E-state index in [1.807, 2.05) is 20.0 Å². The maximum Gasteiger partial charge on any atom is 0.224 e. The Morgan fingerprint density at radius 2 is 2.21 bits per heavy atom. The van der Waals surface area contributed by atoms with Crippen LogP contribution in [-0.4, -0.2) is 43.1 Å². The first kappa shape index (κ1) is 13.6. The zero-order chi connectivity index (χ0) is 13.8. The SMILES string of the molecule is CNC(=O)C1CCCN(c2cc(C)nc(NC)n2)C1. The molecule has 1 fully saturated rings. The fourth-order valence-electron chi connectivity index (χ4n) is 2.43. The number of rotatable bonds is 3. The molecule has 1 aromatic heterocycles. The van der Waals surface area contributed by atoms with Crippen molar-refractivity contribution in [3.05, 3.63) is 11.8 Å². The summed E-state index contributed by atoms with van der Waals surface area (Å²) in [6, 6.07) is 1.97. The van der Waals surface area contributed by atoms with Crippen LogP contribution in [0.25, 0.3) is 0 Å². The van der Waals surface area contributed by atoms with Crippen molar-refractivity contribution in [1.82, 2.24) is 15.3 Å². The summed E-state index contributed by atoms with van der Waals surface area (Å²) >= 11 is 0. The average molecular weight is 263 g/mol. The van der Waals surface area contributed by atoms with E-state index in [2.05, 4.69) is 25.5 Å². The first-order valence-corrected chi connectivity index (χ1v) is 6.64. The lowest BCUT2D eigenvalue weighted by Gasteiger charge is -2.32. The van der Waals surface area contributed by atoms with E-state index in [0.29, 0.717) is 5.95 Å². The van der Waals surface area contributed by atoms with Gasteiger partial charge in [0.05, 0.1) is 5.92 Å². The molecule has 2 N–H and O–H groups in total. The number of hydrogen-bond acceptors (Lipinski definition) is 5. The Bertz CT molecular complexity index is 462. The number of piperidine rings is 1. The number of carbonyl (C=O) groups excluding carboxylic acids is 1. The van der Waals surface area contributed by atoms with Crippen LogP contribution in [0, 0.1) is 12.8 Å². The monoisotopic (exact) mass is 263 g/mol. The van der Waals surface area contributed by atoms with Crippen LogP contribution in [0.2, 0.25) is 0 Å². The van der Waals surface area contributed by atoms with Crippen LogP contribution in [0.4, 0.5) is 11.8 Å². The molecule has 6 heteroatoms. The van der Waals surface area contributed by atoms with E-state index in [1.54, 1.807) is 7.05 Å². The van der Waals surface area contributed by atoms with E-state index in [0.717, 1.165) is 37.4 Å². The van der Waals surface area contributed by atoms with Crippen molar-refractivity contribution in [3.63, 3.8) is 0 Å². The number of aryl methyl sites for hydroxylation is 1. The summed E-state index contributed by atoms with van der Waals surface area (Å²) in [7, 11) is 3.50. The average Bonchev–Trinajstić information content (AvgIpc) is 2.45. The van der Waals surface area contributed by atoms with Gasteiger partial charge in [-0.05, 0) is 19.8 Å². The second-order valence-corrected chi connectivity index (χ2v) is 4.84. The van der Waals surface area contributed by atoms with E-state index in [9.17, 15) is 4.79 Å². The molecule has 0 aliphatic carbocycles. The molecule has 6 nitrogen and oxygen atoms in total. The molecule has 2 heterocycles. The number of amides is 1. The number of carbonyl (C=O) groups is 1. The Kier molecular flexibility index (Phi) is 4.19. The van der Waals surface area contributed by atoms with Gasteiger partial charge >= 0.3 is 0 Å². The predicted octanol–water partition coefficient (Wildman–Crippen LogP) is 0.789. The quantitative estimate of drug-likeness (QED) is 0.843. The molecular weight excluding hydrogens is 242 g/mol. The van der Waals surface area contributed by atoms with Crippen molar-refractivity contribution in [1.29, 1.82) is 0 Å². The van der Waals surface area contributed by atoms with Crippen molar-refractivity contribution in [2.24, 2.45) is 5.92 Å². The molecular formula is C13H21N5O. The molecule has 1 amide bonds. The maximum atomic E-state index is 11.8. The summed E-state index contributed by atoms with van der Waals surface area (Å²) in [6.07, 6.45) is 1.95. The third-order valence-corrected chi connectivity index (χ3v) is 3.43. The number of hydrogen-bond donors (Lipinski definition) is 2. The third-order valence-electron chi connectivity index (χ3n) is 3.43. The number of aromatic nitrogens is 2. The van der Waals surface area contributed by atoms with E-state index >= 15 is 0 Å². The van der Waals surface area contributed by atoms with Gasteiger partial charge in [-0.15, -0.1) is 0 Å². The van der Waals surface area contributed by atoms with Gasteiger partial charge in [0.2, 0.25) is 11.9 Å². The summed E-state index contributed by atoms with van der Waals surface area (Å²) in [4.78, 5) is 22.7. The van der Waals surface area contributed by atoms with E-state index in [-0.39, 0.29) is 11.8 Å². The van der Waals surface area contributed by atoms with E-state index < -0.39 is 0 Å². The van der Waals surface area contributed by atoms with Crippen LogP contribution in [0.1, 0.15) is 18.5 Å². The van der Waals surface area contributed by atoms with Crippen molar-refractivity contribution < 1.29 is 4.79 Å². The van der Waals surface area contributed by atoms with Gasteiger partial charge in [0.15, 0.2) is 0 Å². The Balaban J connectivity index is 2.17. The molecule has 0 saturated carbocycles. The van der Waals surface area contributed by atoms with Gasteiger partial charge in [0, 0.05) is 38.9 Å². The van der Waals surface area contributed by atoms with Crippen LogP contribution in [0.5, 0.6) is 0 Å². The Labute approximate surface area is 113 Å². The van der Waals surface area contributed by atoms with Crippen molar-refractivity contribution in [3.8, 4) is 0 Å². The lowest BCUT2D eigenvalue weighted by Crippen LogP contribution is -2.42. The Morgan fingerprint density at radius 1 is 1.42 bits per heavy atom. The van der Waals surface area contributed by atoms with Gasteiger partial charge in [-0.2, -0.15) is 4.98 Å². The highest BCUT2D eigenvalue weighted by Gasteiger charge is 2.26. The van der Waals surface area contributed by atoms with Gasteiger partial charge in [-0.3, -0.25) is 4.79 Å². The normalized spacial score (nSPS) is 19.1. The molecule has 1 aliphatic heterocycles. The van der Waals surface area contributed by atoms with E-state index in [4.69, 9.17) is 0 Å². The van der Waals surface area contributed by atoms with E-state index in [1.165, 1.54) is 0 Å². The predicted molar refractivity (Wildman–Crippen MR) is 75.3 cm³/mol. The maximum absolute atomic E-state index is 11.8. The lowest BCUT2D eigenvalue weighted by atomic mass is 9.97. The minimum absolute atomic E-state index is 0.0482. The van der Waals surface area contributed by atoms with Gasteiger partial charge in [-0.25, -0.2) is 4.98 Å². The van der Waals surface area contributed by atoms with Crippen molar-refractivity contribution in [2.75, 3.05) is 37.4 Å². The number of nitrogens with zero attached hydrogens (tertiary/aromatic N) is 3. The molecule has 0 radical (unpaired) electrons. The van der Waals surface area contributed by atoms with Crippen molar-refractivity contribution >= 4 is 17.7 Å². The third kappa shape index (κ3) is 3.13. The van der Waals surface area contributed by atoms with Gasteiger partial charge < -0.3 is 15.5 Å². The summed E-state index contributed by atoms with van der Waals surface area (Å²) in [6.45, 7) is 3.61. The minimum Gasteiger partial charge on any atom is -0.359 e. The second-order valence-electron chi connectivity index (χ2n) is 4.84. The molecule has 0 bridgehead atoms. The second kappa shape index (κ2) is 5.86. The summed E-state index contributed by atoms with van der Waals surface area (Å²) in [5.74, 6) is 1.68. The fourth-order valence-corrected chi connectivity index (χ4v) is 2.43. The molecule has 19 heavy (non-hydrogen) atoms. The molecule has 0 aromatic carbocycles. The standard InChI is InChI=1S/C13H21N5O/c1-9-7-11(17-13(15-3)16-9)18-6-4-5-10(8-18)12(19)14-2/h7,10H,4-6,8H2,1-3H3,(H,14,19)(H,15,16,17). The molecule has 1 saturated heterocycles. The summed E-state index contributed by atoms with van der Waals surface area (Å²) in [5, 5.41) is 5.69. The zero-order valence-corrected chi connectivity index (χ0v) is 11.7. The highest BCUT2D eigenvalue weighted by atomic mass is 16.1.